The smallest absolute Gasteiger partial charge is 0.459 e. The van der Waals surface area contributed by atoms with E-state index in [0.29, 0.717) is 61.0 Å². The average Bonchev–Trinajstić information content (AvgIpc) is 3.93. The van der Waals surface area contributed by atoms with Crippen LogP contribution in [-0.4, -0.2) is 121 Å². The predicted molar refractivity (Wildman–Crippen MR) is 231 cm³/mol. The van der Waals surface area contributed by atoms with Crippen LogP contribution < -0.4 is 10.3 Å². The molecule has 0 radical (unpaired) electrons. The number of aromatic amines is 1. The number of benzene rings is 2. The molecule has 1 atom stereocenters. The molecule has 362 valence electrons. The Hall–Kier alpha value is -6.34. The van der Waals surface area contributed by atoms with Crippen molar-refractivity contribution in [3.05, 3.63) is 95.2 Å². The van der Waals surface area contributed by atoms with Crippen molar-refractivity contribution in [3.8, 4) is 28.5 Å². The van der Waals surface area contributed by atoms with E-state index in [-0.39, 0.29) is 30.3 Å². The van der Waals surface area contributed by atoms with E-state index in [1.54, 1.807) is 36.4 Å². The Kier molecular flexibility index (Phi) is 16.3. The number of nitrogens with one attached hydrogen (secondary N) is 1. The van der Waals surface area contributed by atoms with Crippen LogP contribution in [0.4, 0.5) is 26.3 Å². The van der Waals surface area contributed by atoms with Crippen molar-refractivity contribution in [1.82, 2.24) is 29.7 Å². The molecule has 1 fully saturated rings. The van der Waals surface area contributed by atoms with Crippen LogP contribution in [0, 0.1) is 0 Å². The van der Waals surface area contributed by atoms with Gasteiger partial charge in [0, 0.05) is 43.1 Å². The molecule has 2 aromatic carbocycles. The first-order valence-corrected chi connectivity index (χ1v) is 23.8. The minimum absolute atomic E-state index is 0. The van der Waals surface area contributed by atoms with Gasteiger partial charge in [-0.2, -0.15) is 26.3 Å². The van der Waals surface area contributed by atoms with Gasteiger partial charge in [-0.1, -0.05) is 7.43 Å². The number of amides is 2. The lowest BCUT2D eigenvalue weighted by Crippen LogP contribution is -2.42. The highest BCUT2D eigenvalue weighted by Gasteiger charge is 2.44. The molecule has 1 saturated heterocycles. The molecule has 1 aliphatic rings. The molecule has 7 rings (SSSR count). The molecular formula is C42H44F6N6O11S2. The van der Waals surface area contributed by atoms with E-state index in [2.05, 4.69) is 19.9 Å². The normalized spacial score (nSPS) is 14.5. The summed E-state index contributed by atoms with van der Waals surface area (Å²) < 4.78 is 146. The van der Waals surface area contributed by atoms with Crippen LogP contribution in [0.25, 0.3) is 44.5 Å². The molecule has 17 nitrogen and oxygen atoms in total. The zero-order valence-electron chi connectivity index (χ0n) is 34.9. The number of ether oxygens (including phenoxy) is 2. The van der Waals surface area contributed by atoms with Gasteiger partial charge in [0.05, 0.1) is 59.3 Å². The van der Waals surface area contributed by atoms with Crippen molar-refractivity contribution in [2.75, 3.05) is 43.7 Å². The Morgan fingerprint density at radius 1 is 0.731 bits per heavy atom. The van der Waals surface area contributed by atoms with E-state index < -0.39 is 87.8 Å². The Morgan fingerprint density at radius 3 is 1.72 bits per heavy atom. The number of hydrogen-bond donors (Lipinski definition) is 1. The molecule has 0 aliphatic carbocycles. The number of hydrogen-bond acceptors (Lipinski definition) is 14. The summed E-state index contributed by atoms with van der Waals surface area (Å²) in [6.45, 7) is -1.76. The number of fused-ring (bicyclic) bond motifs is 2. The van der Waals surface area contributed by atoms with Gasteiger partial charge < -0.3 is 33.1 Å². The van der Waals surface area contributed by atoms with Gasteiger partial charge in [-0.15, -0.1) is 0 Å². The zero-order chi connectivity index (χ0) is 48.0. The highest BCUT2D eigenvalue weighted by Crippen LogP contribution is 2.32. The molecule has 0 bridgehead atoms. The summed E-state index contributed by atoms with van der Waals surface area (Å²) in [5.74, 6) is -4.52. The van der Waals surface area contributed by atoms with Gasteiger partial charge in [-0.25, -0.2) is 31.8 Å². The first-order valence-electron chi connectivity index (χ1n) is 19.7. The molecule has 1 unspecified atom stereocenters. The SMILES string of the molecule is C.CS(=O)(=O)CCN(Cc1ccc(-c2ccc3nc[nH]c(=O)c3c2)o1)C(=O)C(F)(F)F.CS(=O)(=O)CCN(Cc1ccc(-c2ccc3ncnc(OC4CCCCO4)c3c2)o1)C(=O)C(F)(F)F. The first kappa shape index (κ1) is 51.6. The molecule has 0 saturated carbocycles. The third-order valence-corrected chi connectivity index (χ3v) is 11.6. The number of carbonyl (C=O) groups is 2. The fourth-order valence-electron chi connectivity index (χ4n) is 6.46. The lowest BCUT2D eigenvalue weighted by atomic mass is 10.1. The van der Waals surface area contributed by atoms with Gasteiger partial charge in [-0.05, 0) is 73.5 Å². The number of alkyl halides is 6. The Bertz CT molecular complexity index is 2990. The Morgan fingerprint density at radius 2 is 1.24 bits per heavy atom. The van der Waals surface area contributed by atoms with Gasteiger partial charge in [-0.3, -0.25) is 14.4 Å². The van der Waals surface area contributed by atoms with Crippen LogP contribution >= 0.6 is 0 Å². The number of sulfone groups is 2. The van der Waals surface area contributed by atoms with E-state index in [9.17, 15) is 57.6 Å². The fraction of sp³-hybridized carbons (Fsp3) is 0.381. The number of nitrogens with zero attached hydrogens (tertiary/aromatic N) is 5. The van der Waals surface area contributed by atoms with Gasteiger partial charge in [0.1, 0.15) is 49.0 Å². The average molecular weight is 987 g/mol. The minimum Gasteiger partial charge on any atom is -0.459 e. The molecule has 4 aromatic heterocycles. The lowest BCUT2D eigenvalue weighted by molar-refractivity contribution is -0.186. The van der Waals surface area contributed by atoms with Crippen LogP contribution in [0.1, 0.15) is 38.2 Å². The molecule has 2 amide bonds. The molecule has 0 spiro atoms. The van der Waals surface area contributed by atoms with Gasteiger partial charge >= 0.3 is 24.2 Å². The summed E-state index contributed by atoms with van der Waals surface area (Å²) in [7, 11) is -7.17. The minimum atomic E-state index is -5.15. The second kappa shape index (κ2) is 21.1. The van der Waals surface area contributed by atoms with E-state index in [4.69, 9.17) is 18.3 Å². The summed E-state index contributed by atoms with van der Waals surface area (Å²) in [4.78, 5) is 51.1. The van der Waals surface area contributed by atoms with Crippen molar-refractivity contribution in [2.45, 2.75) is 58.4 Å². The fourth-order valence-corrected chi connectivity index (χ4v) is 7.56. The Labute approximate surface area is 378 Å². The maximum Gasteiger partial charge on any atom is 0.471 e. The van der Waals surface area contributed by atoms with Crippen LogP contribution in [-0.2, 0) is 47.1 Å². The predicted octanol–water partition coefficient (Wildman–Crippen LogP) is 6.49. The topological polar surface area (TPSA) is 225 Å². The van der Waals surface area contributed by atoms with E-state index >= 15 is 0 Å². The summed E-state index contributed by atoms with van der Waals surface area (Å²) >= 11 is 0. The largest absolute Gasteiger partial charge is 0.471 e. The van der Waals surface area contributed by atoms with E-state index in [0.717, 1.165) is 31.8 Å². The number of carbonyl (C=O) groups excluding carboxylic acids is 2. The highest BCUT2D eigenvalue weighted by molar-refractivity contribution is 7.90. The summed E-state index contributed by atoms with van der Waals surface area (Å²) in [5, 5.41) is 0.902. The Balaban J connectivity index is 0.000000251. The molecule has 6 aromatic rings. The second-order valence-corrected chi connectivity index (χ2v) is 19.5. The van der Waals surface area contributed by atoms with Crippen LogP contribution in [0.5, 0.6) is 5.88 Å². The first-order chi connectivity index (χ1) is 30.9. The van der Waals surface area contributed by atoms with Crippen molar-refractivity contribution in [2.24, 2.45) is 0 Å². The van der Waals surface area contributed by atoms with E-state index in [1.807, 2.05) is 0 Å². The van der Waals surface area contributed by atoms with Crippen molar-refractivity contribution < 1.29 is 71.1 Å². The van der Waals surface area contributed by atoms with E-state index in [1.165, 1.54) is 36.9 Å². The summed E-state index contributed by atoms with van der Waals surface area (Å²) in [5.41, 5.74) is 1.78. The number of furan rings is 2. The molecule has 67 heavy (non-hydrogen) atoms. The third-order valence-electron chi connectivity index (χ3n) is 9.73. The third kappa shape index (κ3) is 14.3. The molecular weight excluding hydrogens is 943 g/mol. The summed E-state index contributed by atoms with van der Waals surface area (Å²) in [6, 6.07) is 15.8. The van der Waals surface area contributed by atoms with Crippen molar-refractivity contribution >= 4 is 53.3 Å². The number of aromatic nitrogens is 4. The van der Waals surface area contributed by atoms with Crippen molar-refractivity contribution in [1.29, 1.82) is 0 Å². The van der Waals surface area contributed by atoms with Gasteiger partial charge in [0.25, 0.3) is 5.56 Å². The molecule has 1 N–H and O–H groups in total. The summed E-state index contributed by atoms with van der Waals surface area (Å²) in [6.07, 6.45) is -3.64. The number of rotatable bonds is 14. The highest BCUT2D eigenvalue weighted by atomic mass is 32.2. The van der Waals surface area contributed by atoms with Gasteiger partial charge in [0.15, 0.2) is 0 Å². The lowest BCUT2D eigenvalue weighted by Gasteiger charge is -2.23. The van der Waals surface area contributed by atoms with Crippen LogP contribution in [0.3, 0.4) is 0 Å². The zero-order valence-corrected chi connectivity index (χ0v) is 36.5. The molecule has 25 heteroatoms. The maximum absolute atomic E-state index is 13.0. The second-order valence-electron chi connectivity index (χ2n) is 15.0. The number of halogens is 6. The number of H-pyrrole nitrogens is 1. The molecule has 5 heterocycles. The van der Waals surface area contributed by atoms with Crippen molar-refractivity contribution in [3.63, 3.8) is 0 Å². The van der Waals surface area contributed by atoms with Crippen LogP contribution in [0.2, 0.25) is 0 Å². The molecule has 1 aliphatic heterocycles. The monoisotopic (exact) mass is 986 g/mol. The standard InChI is InChI=1S/C23H24F3N3O6S.C18H16F3N3O5S.CH4/c1-36(31,32)11-9-29(22(30)23(24,25)26)13-16-6-8-19(34-16)15-5-7-18-17(12-15)21(28-14-27-18)35-20-4-2-3-10-33-20;1-30(27,28)7-6-24(17(26)18(19,20)21)9-12-3-5-15(29-12)11-2-4-14-13(8-11)16(25)23-10-22-14;/h5-8,12,14,20H,2-4,9-11,13H2,1H3;2-5,8,10H,6-7,9H2,1H3,(H,22,23,25);1H4. The van der Waals surface area contributed by atoms with Gasteiger partial charge in [0.2, 0.25) is 12.2 Å². The quantitative estimate of drug-likeness (QED) is 0.115. The van der Waals surface area contributed by atoms with Crippen LogP contribution in [0.15, 0.2) is 86.9 Å². The maximum atomic E-state index is 13.0.